The fourth-order valence-electron chi connectivity index (χ4n) is 3.18. The summed E-state index contributed by atoms with van der Waals surface area (Å²) in [6.45, 7) is 6.40. The van der Waals surface area contributed by atoms with Crippen LogP contribution >= 0.6 is 11.3 Å². The fourth-order valence-corrected chi connectivity index (χ4v) is 3.90. The Morgan fingerprint density at radius 3 is 2.33 bits per heavy atom. The monoisotopic (exact) mass is 528 g/mol. The van der Waals surface area contributed by atoms with Gasteiger partial charge in [-0.1, -0.05) is 60.4 Å². The van der Waals surface area contributed by atoms with E-state index in [4.69, 9.17) is 0 Å². The maximum absolute atomic E-state index is 3.30. The van der Waals surface area contributed by atoms with E-state index in [9.17, 15) is 0 Å². The zero-order chi connectivity index (χ0) is 19.9. The Labute approximate surface area is 212 Å². The first-order valence-electron chi connectivity index (χ1n) is 9.49. The average Bonchev–Trinajstić information content (AvgIpc) is 3.41. The third-order valence-corrected chi connectivity index (χ3v) is 5.27. The van der Waals surface area contributed by atoms with Gasteiger partial charge in [-0.25, -0.2) is 6.08 Å². The minimum Gasteiger partial charge on any atom is -1.00 e. The van der Waals surface area contributed by atoms with Crippen molar-refractivity contribution in [3.05, 3.63) is 100 Å². The number of rotatable bonds is 1. The molecule has 0 bridgehead atoms. The molecule has 0 saturated carbocycles. The van der Waals surface area contributed by atoms with E-state index in [0.717, 1.165) is 6.42 Å². The van der Waals surface area contributed by atoms with Gasteiger partial charge < -0.3 is 24.8 Å². The number of halogens is 2. The van der Waals surface area contributed by atoms with Crippen molar-refractivity contribution in [1.29, 1.82) is 0 Å². The third-order valence-electron chi connectivity index (χ3n) is 4.35. The summed E-state index contributed by atoms with van der Waals surface area (Å²) in [6.07, 6.45) is 8.62. The Kier molecular flexibility index (Phi) is 12.0. The Balaban J connectivity index is 0.000000244. The Bertz CT molecular complexity index is 956. The van der Waals surface area contributed by atoms with Crippen LogP contribution in [-0.2, 0) is 30.7 Å². The Hall–Kier alpha value is -1.05. The molecule has 0 amide bonds. The van der Waals surface area contributed by atoms with Gasteiger partial charge in [0, 0.05) is 0 Å². The molecule has 0 N–H and O–H groups in total. The van der Waals surface area contributed by atoms with Gasteiger partial charge in [0.25, 0.3) is 0 Å². The summed E-state index contributed by atoms with van der Waals surface area (Å²) in [7, 11) is 0. The van der Waals surface area contributed by atoms with Gasteiger partial charge in [-0.05, 0) is 16.7 Å². The molecule has 1 atom stereocenters. The molecule has 2 aliphatic carbocycles. The molecule has 4 heteroatoms. The summed E-state index contributed by atoms with van der Waals surface area (Å²) in [4.78, 5) is 1.35. The minimum absolute atomic E-state index is 0. The van der Waals surface area contributed by atoms with Gasteiger partial charge in [0.1, 0.15) is 0 Å². The molecule has 2 aliphatic rings. The van der Waals surface area contributed by atoms with E-state index in [1.54, 1.807) is 35.6 Å². The van der Waals surface area contributed by atoms with Crippen molar-refractivity contribution in [2.45, 2.75) is 27.2 Å². The van der Waals surface area contributed by atoms with Crippen molar-refractivity contribution in [3.63, 3.8) is 0 Å². The first-order valence-corrected chi connectivity index (χ1v) is 11.6. The molecule has 154 valence electrons. The van der Waals surface area contributed by atoms with Crippen LogP contribution in [0.2, 0.25) is 0 Å². The Morgan fingerprint density at radius 1 is 1.00 bits per heavy atom. The van der Waals surface area contributed by atoms with Gasteiger partial charge in [-0.15, -0.1) is 5.56 Å². The van der Waals surface area contributed by atoms with Crippen LogP contribution in [0.3, 0.4) is 0 Å². The van der Waals surface area contributed by atoms with Gasteiger partial charge >= 0.3 is 41.3 Å². The van der Waals surface area contributed by atoms with Gasteiger partial charge in [0.2, 0.25) is 0 Å². The summed E-state index contributed by atoms with van der Waals surface area (Å²) < 4.78 is 1.51. The molecule has 0 saturated heterocycles. The van der Waals surface area contributed by atoms with E-state index >= 15 is 0 Å². The van der Waals surface area contributed by atoms with Crippen LogP contribution < -0.4 is 24.8 Å². The summed E-state index contributed by atoms with van der Waals surface area (Å²) >= 11 is 3.34. The second-order valence-corrected chi connectivity index (χ2v) is 10.5. The van der Waals surface area contributed by atoms with Gasteiger partial charge in [0.05, 0.1) is 0 Å². The number of thiophene rings is 1. The minimum atomic E-state index is 0. The van der Waals surface area contributed by atoms with E-state index < -0.39 is 0 Å². The molecule has 1 heterocycles. The van der Waals surface area contributed by atoms with E-state index in [-0.39, 0.29) is 24.8 Å². The predicted molar refractivity (Wildman–Crippen MR) is 119 cm³/mol. The summed E-state index contributed by atoms with van der Waals surface area (Å²) in [5.41, 5.74) is 6.84. The van der Waals surface area contributed by atoms with Gasteiger partial charge in [-0.2, -0.15) is 52.8 Å². The van der Waals surface area contributed by atoms with Crippen LogP contribution in [0.4, 0.5) is 0 Å². The molecule has 1 unspecified atom stereocenters. The molecule has 0 spiro atoms. The first kappa shape index (κ1) is 27.0. The molecule has 0 radical (unpaired) electrons. The summed E-state index contributed by atoms with van der Waals surface area (Å²) in [5.74, 6) is 0.493. The third kappa shape index (κ3) is 7.58. The molecule has 0 aliphatic heterocycles. The quantitative estimate of drug-likeness (QED) is 0.322. The Morgan fingerprint density at radius 2 is 1.70 bits per heavy atom. The zero-order valence-corrected chi connectivity index (χ0v) is 22.2. The van der Waals surface area contributed by atoms with E-state index in [2.05, 4.69) is 99.0 Å². The van der Waals surface area contributed by atoms with Crippen LogP contribution in [0.1, 0.15) is 36.8 Å². The normalized spacial score (nSPS) is 14.4. The molecule has 0 nitrogen and oxygen atoms in total. The van der Waals surface area contributed by atoms with Crippen molar-refractivity contribution in [2.75, 3.05) is 0 Å². The van der Waals surface area contributed by atoms with Crippen LogP contribution in [-0.4, -0.2) is 3.21 Å². The maximum atomic E-state index is 3.30. The predicted octanol–water partition coefficient (Wildman–Crippen LogP) is 0.952. The molecule has 5 rings (SSSR count). The number of benzene rings is 2. The number of allylic oxidation sites excluding steroid dienone is 4. The molecular formula is C26H24Cl2SZr-2. The van der Waals surface area contributed by atoms with Crippen molar-refractivity contribution < 1.29 is 49.0 Å². The van der Waals surface area contributed by atoms with Crippen LogP contribution in [0.25, 0.3) is 16.7 Å². The smallest absolute Gasteiger partial charge is 0.0253 e. The largest absolute Gasteiger partial charge is 1.00 e. The molecule has 1 aromatic heterocycles. The SMILES string of the molecule is CC1[C-]=CC(c2cccs2)=C1.C[C](C)=[Zr+2].[Cl-].[Cl-].[c-]1cccc2c1Cc1ccccc1-2. The molecule has 30 heavy (non-hydrogen) atoms. The summed E-state index contributed by atoms with van der Waals surface area (Å²) in [6, 6.07) is 22.3. The van der Waals surface area contributed by atoms with E-state index in [1.807, 2.05) is 6.07 Å². The van der Waals surface area contributed by atoms with Crippen LogP contribution in [0, 0.1) is 18.1 Å². The van der Waals surface area contributed by atoms with Crippen molar-refractivity contribution in [1.82, 2.24) is 0 Å². The van der Waals surface area contributed by atoms with E-state index in [0.29, 0.717) is 5.92 Å². The molecule has 0 fully saturated rings. The standard InChI is InChI=1S/C13H9.C10H9S.C3H6.2ClH.Zr/c1-3-7-12-10(5-1)9-11-6-2-4-8-13(11)12;1-8-4-5-9(7-8)10-3-2-6-11-10;1-3-2;;;/h1-5,7-8H,9H2;2-3,5-8H,1H3;1-2H3;2*1H;/q2*-1;;;;+2/p-2. The van der Waals surface area contributed by atoms with E-state index in [1.165, 1.54) is 35.9 Å². The number of hydrogen-bond acceptors (Lipinski definition) is 1. The molecule has 3 aromatic rings. The maximum Gasteiger partial charge on any atom is -0.0253 e. The average molecular weight is 531 g/mol. The molecular weight excluding hydrogens is 506 g/mol. The second-order valence-electron chi connectivity index (χ2n) is 7.10. The number of hydrogen-bond donors (Lipinski definition) is 0. The van der Waals surface area contributed by atoms with Crippen molar-refractivity contribution in [2.24, 2.45) is 5.92 Å². The first-order chi connectivity index (χ1) is 13.5. The van der Waals surface area contributed by atoms with Gasteiger partial charge in [0.15, 0.2) is 0 Å². The molecule has 2 aromatic carbocycles. The summed E-state index contributed by atoms with van der Waals surface area (Å²) in [5, 5.41) is 2.10. The van der Waals surface area contributed by atoms with Crippen LogP contribution in [0.5, 0.6) is 0 Å². The second kappa shape index (κ2) is 13.4. The van der Waals surface area contributed by atoms with Gasteiger partial charge in [-0.3, -0.25) is 6.08 Å². The van der Waals surface area contributed by atoms with Crippen LogP contribution in [0.15, 0.2) is 72.1 Å². The zero-order valence-electron chi connectivity index (χ0n) is 17.4. The topological polar surface area (TPSA) is 0 Å². The fraction of sp³-hybridized carbons (Fsp3) is 0.192. The number of fused-ring (bicyclic) bond motifs is 3. The van der Waals surface area contributed by atoms with Crippen molar-refractivity contribution in [3.8, 4) is 11.1 Å². The van der Waals surface area contributed by atoms with Crippen molar-refractivity contribution >= 4 is 20.1 Å².